The molecular weight excluding hydrogens is 460 g/mol. The summed E-state index contributed by atoms with van der Waals surface area (Å²) in [7, 11) is 3.13. The number of fused-ring (bicyclic) bond motifs is 1. The van der Waals surface area contributed by atoms with Crippen LogP contribution in [0.4, 0.5) is 0 Å². The van der Waals surface area contributed by atoms with E-state index in [2.05, 4.69) is 15.9 Å². The number of para-hydroxylation sites is 1. The van der Waals surface area contributed by atoms with Gasteiger partial charge in [0.05, 0.1) is 19.8 Å². The molecule has 0 spiro atoms. The largest absolute Gasteiger partial charge is 0.493 e. The topological polar surface area (TPSA) is 54.0 Å². The van der Waals surface area contributed by atoms with Crippen molar-refractivity contribution in [1.82, 2.24) is 0 Å². The summed E-state index contributed by atoms with van der Waals surface area (Å²) in [5.41, 5.74) is 3.04. The molecule has 158 valence electrons. The summed E-state index contributed by atoms with van der Waals surface area (Å²) in [6.45, 7) is 2.31. The zero-order chi connectivity index (χ0) is 22.0. The predicted molar refractivity (Wildman–Crippen MR) is 122 cm³/mol. The average Bonchev–Trinajstić information content (AvgIpc) is 3.10. The molecule has 5 nitrogen and oxygen atoms in total. The van der Waals surface area contributed by atoms with Crippen molar-refractivity contribution in [3.05, 3.63) is 87.1 Å². The van der Waals surface area contributed by atoms with E-state index in [-0.39, 0.29) is 11.5 Å². The normalized spacial score (nSPS) is 13.7. The minimum atomic E-state index is -0.178. The molecule has 0 atom stereocenters. The quantitative estimate of drug-likeness (QED) is 0.406. The number of Topliss-reactive ketones (excluding diaryl/α,β-unsaturated/α-hetero) is 1. The zero-order valence-corrected chi connectivity index (χ0v) is 19.0. The lowest BCUT2D eigenvalue weighted by molar-refractivity contribution is 0.101. The molecule has 4 rings (SSSR count). The molecule has 0 aromatic heterocycles. The van der Waals surface area contributed by atoms with Crippen LogP contribution >= 0.6 is 15.9 Å². The van der Waals surface area contributed by atoms with Crippen molar-refractivity contribution in [2.45, 2.75) is 13.5 Å². The highest BCUT2D eigenvalue weighted by molar-refractivity contribution is 9.10. The van der Waals surface area contributed by atoms with E-state index in [0.29, 0.717) is 40.7 Å². The van der Waals surface area contributed by atoms with Crippen LogP contribution in [0.3, 0.4) is 0 Å². The summed E-state index contributed by atoms with van der Waals surface area (Å²) in [4.78, 5) is 12.9. The second-order valence-electron chi connectivity index (χ2n) is 7.00. The lowest BCUT2D eigenvalue weighted by atomic mass is 10.1. The molecule has 0 fully saturated rings. The van der Waals surface area contributed by atoms with Gasteiger partial charge in [-0.05, 0) is 48.9 Å². The molecule has 0 amide bonds. The van der Waals surface area contributed by atoms with Gasteiger partial charge in [0.2, 0.25) is 5.78 Å². The molecule has 0 aliphatic carbocycles. The Bertz CT molecular complexity index is 1170. The predicted octanol–water partition coefficient (Wildman–Crippen LogP) is 5.97. The van der Waals surface area contributed by atoms with Crippen LogP contribution in [0.5, 0.6) is 23.0 Å². The van der Waals surface area contributed by atoms with Crippen LogP contribution in [-0.2, 0) is 6.61 Å². The summed E-state index contributed by atoms with van der Waals surface area (Å²) in [6, 6.07) is 17.0. The van der Waals surface area contributed by atoms with Crippen LogP contribution in [0.1, 0.15) is 27.0 Å². The van der Waals surface area contributed by atoms with Crippen molar-refractivity contribution in [3.8, 4) is 23.0 Å². The van der Waals surface area contributed by atoms with Gasteiger partial charge in [-0.2, -0.15) is 0 Å². The maximum absolute atomic E-state index is 12.9. The summed E-state index contributed by atoms with van der Waals surface area (Å²) >= 11 is 3.43. The number of ketones is 1. The van der Waals surface area contributed by atoms with Crippen molar-refractivity contribution in [1.29, 1.82) is 0 Å². The number of benzene rings is 3. The van der Waals surface area contributed by atoms with Crippen LogP contribution in [0.2, 0.25) is 0 Å². The Morgan fingerprint density at radius 3 is 2.45 bits per heavy atom. The molecule has 0 N–H and O–H groups in total. The highest BCUT2D eigenvalue weighted by atomic mass is 79.9. The van der Waals surface area contributed by atoms with Crippen LogP contribution in [0, 0.1) is 6.92 Å². The van der Waals surface area contributed by atoms with Gasteiger partial charge in [0.25, 0.3) is 0 Å². The molecule has 3 aromatic carbocycles. The molecule has 0 saturated heterocycles. The van der Waals surface area contributed by atoms with E-state index in [1.807, 2.05) is 49.4 Å². The highest BCUT2D eigenvalue weighted by Gasteiger charge is 2.30. The van der Waals surface area contributed by atoms with Crippen LogP contribution in [0.25, 0.3) is 6.08 Å². The second-order valence-corrected chi connectivity index (χ2v) is 7.92. The van der Waals surface area contributed by atoms with Crippen molar-refractivity contribution in [2.75, 3.05) is 14.2 Å². The third-order valence-corrected chi connectivity index (χ3v) is 5.59. The van der Waals surface area contributed by atoms with Gasteiger partial charge < -0.3 is 18.9 Å². The Kier molecular flexibility index (Phi) is 6.00. The Balaban J connectivity index is 1.60. The first-order chi connectivity index (χ1) is 15.0. The van der Waals surface area contributed by atoms with E-state index in [4.69, 9.17) is 18.9 Å². The standard InChI is InChI=1S/C25H21BrO5/c1-15-20(30-14-16-7-9-18(26)10-8-16)12-11-19-23(27)22(31-24(15)19)13-17-5-4-6-21(28-2)25(17)29-3/h4-13H,14H2,1-3H3/b22-13-. The van der Waals surface area contributed by atoms with Crippen LogP contribution in [-0.4, -0.2) is 20.0 Å². The molecule has 1 aliphatic rings. The minimum Gasteiger partial charge on any atom is -0.493 e. The summed E-state index contributed by atoms with van der Waals surface area (Å²) in [6.07, 6.45) is 1.67. The van der Waals surface area contributed by atoms with Gasteiger partial charge in [-0.3, -0.25) is 4.79 Å². The molecule has 3 aromatic rings. The molecule has 0 unspecified atom stereocenters. The SMILES string of the molecule is COc1cccc(/C=C2\Oc3c(ccc(OCc4ccc(Br)cc4)c3C)C2=O)c1OC. The smallest absolute Gasteiger partial charge is 0.231 e. The molecule has 6 heteroatoms. The molecule has 1 heterocycles. The van der Waals surface area contributed by atoms with Crippen LogP contribution in [0.15, 0.2) is 64.8 Å². The van der Waals surface area contributed by atoms with Gasteiger partial charge in [0, 0.05) is 15.6 Å². The fraction of sp³-hybridized carbons (Fsp3) is 0.160. The number of carbonyl (C=O) groups is 1. The van der Waals surface area contributed by atoms with E-state index in [1.54, 1.807) is 32.4 Å². The number of hydrogen-bond acceptors (Lipinski definition) is 5. The Hall–Kier alpha value is -3.25. The zero-order valence-electron chi connectivity index (χ0n) is 17.4. The minimum absolute atomic E-state index is 0.178. The Morgan fingerprint density at radius 2 is 1.74 bits per heavy atom. The number of ether oxygens (including phenoxy) is 4. The third-order valence-electron chi connectivity index (χ3n) is 5.06. The van der Waals surface area contributed by atoms with E-state index in [9.17, 15) is 4.79 Å². The fourth-order valence-corrected chi connectivity index (χ4v) is 3.70. The Labute approximate surface area is 189 Å². The molecular formula is C25H21BrO5. The maximum Gasteiger partial charge on any atom is 0.231 e. The lowest BCUT2D eigenvalue weighted by Gasteiger charge is -2.12. The van der Waals surface area contributed by atoms with Gasteiger partial charge >= 0.3 is 0 Å². The van der Waals surface area contributed by atoms with E-state index in [1.165, 1.54) is 0 Å². The van der Waals surface area contributed by atoms with Gasteiger partial charge in [-0.15, -0.1) is 0 Å². The number of carbonyl (C=O) groups excluding carboxylic acids is 1. The first kappa shape index (κ1) is 21.0. The number of rotatable bonds is 6. The van der Waals surface area contributed by atoms with Gasteiger partial charge in [-0.25, -0.2) is 0 Å². The van der Waals surface area contributed by atoms with E-state index < -0.39 is 0 Å². The van der Waals surface area contributed by atoms with E-state index >= 15 is 0 Å². The summed E-state index contributed by atoms with van der Waals surface area (Å²) in [5.74, 6) is 2.37. The molecule has 31 heavy (non-hydrogen) atoms. The maximum atomic E-state index is 12.9. The molecule has 1 aliphatic heterocycles. The van der Waals surface area contributed by atoms with Gasteiger partial charge in [0.15, 0.2) is 17.3 Å². The first-order valence-corrected chi connectivity index (χ1v) is 10.5. The molecule has 0 saturated carbocycles. The number of halogens is 1. The van der Waals surface area contributed by atoms with Crippen molar-refractivity contribution in [3.63, 3.8) is 0 Å². The number of methoxy groups -OCH3 is 2. The highest BCUT2D eigenvalue weighted by Crippen LogP contribution is 2.40. The van der Waals surface area contributed by atoms with Gasteiger partial charge in [-0.1, -0.05) is 40.2 Å². The second kappa shape index (κ2) is 8.86. The fourth-order valence-electron chi connectivity index (χ4n) is 3.43. The number of allylic oxidation sites excluding steroid dienone is 1. The van der Waals surface area contributed by atoms with Crippen molar-refractivity contribution < 1.29 is 23.7 Å². The number of hydrogen-bond donors (Lipinski definition) is 0. The third kappa shape index (κ3) is 4.16. The van der Waals surface area contributed by atoms with Crippen molar-refractivity contribution in [2.24, 2.45) is 0 Å². The average molecular weight is 481 g/mol. The van der Waals surface area contributed by atoms with Crippen molar-refractivity contribution >= 4 is 27.8 Å². The lowest BCUT2D eigenvalue weighted by Crippen LogP contribution is -1.99. The van der Waals surface area contributed by atoms with Gasteiger partial charge in [0.1, 0.15) is 18.1 Å². The molecule has 0 bridgehead atoms. The monoisotopic (exact) mass is 480 g/mol. The van der Waals surface area contributed by atoms with Crippen LogP contribution < -0.4 is 18.9 Å². The molecule has 0 radical (unpaired) electrons. The first-order valence-electron chi connectivity index (χ1n) is 9.68. The summed E-state index contributed by atoms with van der Waals surface area (Å²) in [5, 5.41) is 0. The Morgan fingerprint density at radius 1 is 0.968 bits per heavy atom. The van der Waals surface area contributed by atoms with E-state index in [0.717, 1.165) is 15.6 Å². The summed E-state index contributed by atoms with van der Waals surface area (Å²) < 4.78 is 23.8.